The third kappa shape index (κ3) is 5.35. The fraction of sp³-hybridized carbons (Fsp3) is 0.304. The maximum atomic E-state index is 12.7. The third-order valence-corrected chi connectivity index (χ3v) is 5.75. The van der Waals surface area contributed by atoms with Gasteiger partial charge in [-0.05, 0) is 36.6 Å². The van der Waals surface area contributed by atoms with Crippen molar-refractivity contribution >= 4 is 30.8 Å². The van der Waals surface area contributed by atoms with Gasteiger partial charge in [0.25, 0.3) is 11.8 Å². The molecule has 36 heavy (non-hydrogen) atoms. The molecule has 0 fully saturated rings. The summed E-state index contributed by atoms with van der Waals surface area (Å²) in [6, 6.07) is 10.7. The van der Waals surface area contributed by atoms with Crippen LogP contribution in [0.3, 0.4) is 0 Å². The smallest absolute Gasteiger partial charge is 0.534 e. The van der Waals surface area contributed by atoms with Gasteiger partial charge in [0.15, 0.2) is 6.73 Å². The number of carbonyl (C=O) groups is 4. The number of alkyl halides is 3. The topological polar surface area (TPSA) is 122 Å². The molecule has 0 radical (unpaired) electrons. The highest BCUT2D eigenvalue weighted by molar-refractivity contribution is 6.47. The van der Waals surface area contributed by atoms with E-state index in [-0.39, 0.29) is 35.3 Å². The third-order valence-electron chi connectivity index (χ3n) is 5.75. The molecule has 188 valence electrons. The molecular formula is C23H20BF3N2O7. The number of nitrogens with zero attached hydrogens (tertiary/aromatic N) is 1. The highest BCUT2D eigenvalue weighted by Gasteiger charge is 2.39. The molecule has 2 aliphatic rings. The molecule has 2 aromatic carbocycles. The minimum absolute atomic E-state index is 0.0000634. The number of ether oxygens (including phenoxy) is 1. The first-order valence-corrected chi connectivity index (χ1v) is 11.0. The number of benzene rings is 2. The minimum Gasteiger partial charge on any atom is -0.534 e. The predicted octanol–water partition coefficient (Wildman–Crippen LogP) is 2.27. The quantitative estimate of drug-likeness (QED) is 0.337. The van der Waals surface area contributed by atoms with E-state index in [9.17, 15) is 37.4 Å². The number of hydrogen-bond acceptors (Lipinski definition) is 7. The van der Waals surface area contributed by atoms with E-state index in [0.717, 1.165) is 4.90 Å². The summed E-state index contributed by atoms with van der Waals surface area (Å²) in [5.41, 5.74) is 0.774. The molecule has 9 nitrogen and oxygen atoms in total. The van der Waals surface area contributed by atoms with E-state index in [1.807, 2.05) is 0 Å². The highest BCUT2D eigenvalue weighted by Crippen LogP contribution is 2.31. The van der Waals surface area contributed by atoms with E-state index < -0.39 is 62.5 Å². The van der Waals surface area contributed by atoms with E-state index in [2.05, 4.69) is 5.32 Å². The molecule has 0 aromatic heterocycles. The van der Waals surface area contributed by atoms with Crippen LogP contribution in [0.15, 0.2) is 42.5 Å². The fourth-order valence-electron chi connectivity index (χ4n) is 3.99. The number of amides is 3. The number of halogens is 3. The zero-order valence-corrected chi connectivity index (χ0v) is 18.7. The summed E-state index contributed by atoms with van der Waals surface area (Å²) in [5.74, 6) is -3.73. The SMILES string of the molecule is O=C(CCCC(F)(F)F)N[C@H]1Cc2cccc(C(=O)OCN3C(=O)c4ccccc4C3=O)c2OB1O. The standard InChI is InChI=1S/C23H20BF3N2O7/c25-23(26,27)10-4-9-18(30)28-17-11-13-5-3-8-16(19(13)36-24(17)34)22(33)35-12-29-20(31)14-6-1-2-7-15(14)21(29)32/h1-3,5-8,17,34H,4,9-12H2,(H,28,30)/t17-/m0/s1. The summed E-state index contributed by atoms with van der Waals surface area (Å²) in [4.78, 5) is 50.4. The zero-order chi connectivity index (χ0) is 26.0. The Balaban J connectivity index is 1.38. The highest BCUT2D eigenvalue weighted by atomic mass is 19.4. The molecule has 2 aromatic rings. The maximum absolute atomic E-state index is 12.7. The van der Waals surface area contributed by atoms with Gasteiger partial charge in [0.2, 0.25) is 5.91 Å². The molecule has 4 rings (SSSR count). The summed E-state index contributed by atoms with van der Waals surface area (Å²) in [6.07, 6.45) is -6.18. The Morgan fingerprint density at radius 1 is 1.11 bits per heavy atom. The fourth-order valence-corrected chi connectivity index (χ4v) is 3.99. The lowest BCUT2D eigenvalue weighted by molar-refractivity contribution is -0.137. The number of esters is 1. The molecule has 2 N–H and O–H groups in total. The van der Waals surface area contributed by atoms with Crippen molar-refractivity contribution in [3.05, 3.63) is 64.7 Å². The summed E-state index contributed by atoms with van der Waals surface area (Å²) in [6.45, 7) is -0.631. The first-order chi connectivity index (χ1) is 17.0. The van der Waals surface area contributed by atoms with E-state index in [1.54, 1.807) is 18.2 Å². The Morgan fingerprint density at radius 3 is 2.42 bits per heavy atom. The summed E-state index contributed by atoms with van der Waals surface area (Å²) >= 11 is 0. The Labute approximate surface area is 203 Å². The lowest BCUT2D eigenvalue weighted by atomic mass is 9.72. The second kappa shape index (κ2) is 10.0. The molecule has 0 unspecified atom stereocenters. The van der Waals surface area contributed by atoms with Gasteiger partial charge in [-0.25, -0.2) is 9.69 Å². The van der Waals surface area contributed by atoms with E-state index in [0.29, 0.717) is 5.56 Å². The van der Waals surface area contributed by atoms with Gasteiger partial charge in [0.1, 0.15) is 11.3 Å². The van der Waals surface area contributed by atoms with Gasteiger partial charge in [-0.2, -0.15) is 13.2 Å². The van der Waals surface area contributed by atoms with Crippen molar-refractivity contribution < 1.29 is 46.8 Å². The van der Waals surface area contributed by atoms with Crippen LogP contribution in [0.1, 0.15) is 55.9 Å². The number of fused-ring (bicyclic) bond motifs is 2. The number of carbonyl (C=O) groups excluding carboxylic acids is 4. The van der Waals surface area contributed by atoms with Crippen LogP contribution >= 0.6 is 0 Å². The van der Waals surface area contributed by atoms with Gasteiger partial charge in [0, 0.05) is 12.8 Å². The summed E-state index contributed by atoms with van der Waals surface area (Å²) in [5, 5.41) is 12.8. The van der Waals surface area contributed by atoms with Crippen molar-refractivity contribution in [3.63, 3.8) is 0 Å². The largest absolute Gasteiger partial charge is 0.547 e. The molecule has 13 heteroatoms. The van der Waals surface area contributed by atoms with Crippen LogP contribution < -0.4 is 9.97 Å². The Hall–Kier alpha value is -3.87. The average molecular weight is 504 g/mol. The molecule has 0 saturated carbocycles. The van der Waals surface area contributed by atoms with Crippen LogP contribution in [0.4, 0.5) is 13.2 Å². The van der Waals surface area contributed by atoms with Crippen LogP contribution in [-0.2, 0) is 16.0 Å². The summed E-state index contributed by atoms with van der Waals surface area (Å²) < 4.78 is 47.4. The van der Waals surface area contributed by atoms with Crippen molar-refractivity contribution in [2.45, 2.75) is 37.8 Å². The normalized spacial score (nSPS) is 16.8. The average Bonchev–Trinajstić information content (AvgIpc) is 3.06. The molecule has 0 aliphatic carbocycles. The van der Waals surface area contributed by atoms with Crippen LogP contribution in [-0.4, -0.2) is 59.6 Å². The van der Waals surface area contributed by atoms with Gasteiger partial charge in [-0.15, -0.1) is 0 Å². The van der Waals surface area contributed by atoms with Crippen LogP contribution in [0.2, 0.25) is 0 Å². The Bertz CT molecular complexity index is 1190. The molecule has 1 atom stereocenters. The molecule has 0 spiro atoms. The lowest BCUT2D eigenvalue weighted by Gasteiger charge is -2.29. The van der Waals surface area contributed by atoms with Gasteiger partial charge < -0.3 is 19.7 Å². The lowest BCUT2D eigenvalue weighted by Crippen LogP contribution is -2.53. The van der Waals surface area contributed by atoms with E-state index >= 15 is 0 Å². The van der Waals surface area contributed by atoms with Crippen molar-refractivity contribution in [2.75, 3.05) is 6.73 Å². The molecule has 0 saturated heterocycles. The number of nitrogens with one attached hydrogen (secondary N) is 1. The minimum atomic E-state index is -4.36. The number of imide groups is 1. The van der Waals surface area contributed by atoms with Gasteiger partial charge >= 0.3 is 19.3 Å². The van der Waals surface area contributed by atoms with Gasteiger partial charge in [-0.3, -0.25) is 14.4 Å². The van der Waals surface area contributed by atoms with Crippen molar-refractivity contribution in [3.8, 4) is 5.75 Å². The maximum Gasteiger partial charge on any atom is 0.547 e. The summed E-state index contributed by atoms with van der Waals surface area (Å²) in [7, 11) is -1.57. The first-order valence-electron chi connectivity index (χ1n) is 11.0. The van der Waals surface area contributed by atoms with Crippen LogP contribution in [0.25, 0.3) is 0 Å². The van der Waals surface area contributed by atoms with E-state index in [4.69, 9.17) is 9.39 Å². The monoisotopic (exact) mass is 504 g/mol. The first kappa shape index (κ1) is 25.2. The van der Waals surface area contributed by atoms with E-state index in [1.165, 1.54) is 24.3 Å². The van der Waals surface area contributed by atoms with Crippen molar-refractivity contribution in [1.82, 2.24) is 10.2 Å². The van der Waals surface area contributed by atoms with Crippen molar-refractivity contribution in [2.24, 2.45) is 0 Å². The molecular weight excluding hydrogens is 484 g/mol. The molecule has 0 bridgehead atoms. The Kier molecular flexibility index (Phi) is 7.02. The number of hydrogen-bond donors (Lipinski definition) is 2. The van der Waals surface area contributed by atoms with Crippen molar-refractivity contribution in [1.29, 1.82) is 0 Å². The second-order valence-electron chi connectivity index (χ2n) is 8.29. The van der Waals surface area contributed by atoms with Crippen LogP contribution in [0.5, 0.6) is 5.75 Å². The molecule has 2 aliphatic heterocycles. The second-order valence-corrected chi connectivity index (χ2v) is 8.29. The zero-order valence-electron chi connectivity index (χ0n) is 18.7. The van der Waals surface area contributed by atoms with Gasteiger partial charge in [-0.1, -0.05) is 24.3 Å². The van der Waals surface area contributed by atoms with Crippen LogP contribution in [0, 0.1) is 0 Å². The Morgan fingerprint density at radius 2 is 1.78 bits per heavy atom. The number of para-hydroxylation sites is 1. The van der Waals surface area contributed by atoms with Gasteiger partial charge in [0.05, 0.1) is 17.1 Å². The predicted molar refractivity (Wildman–Crippen MR) is 118 cm³/mol. The number of rotatable bonds is 7. The molecule has 3 amide bonds. The molecule has 2 heterocycles.